The molecule has 0 aromatic heterocycles. The van der Waals surface area contributed by atoms with Crippen molar-refractivity contribution in [3.8, 4) is 0 Å². The third-order valence-electron chi connectivity index (χ3n) is 2.01. The maximum absolute atomic E-state index is 6.90. The summed E-state index contributed by atoms with van der Waals surface area (Å²) in [4.78, 5) is 0. The first-order valence-corrected chi connectivity index (χ1v) is 4.19. The highest BCUT2D eigenvalue weighted by Crippen LogP contribution is 2.19. The van der Waals surface area contributed by atoms with Gasteiger partial charge in [-0.25, -0.2) is 0 Å². The average molecular weight is 142 g/mol. The summed E-state index contributed by atoms with van der Waals surface area (Å²) in [6.07, 6.45) is 6.95. The molecule has 0 bridgehead atoms. The van der Waals surface area contributed by atoms with E-state index in [9.17, 15) is 0 Å². The van der Waals surface area contributed by atoms with E-state index in [1.807, 2.05) is 0 Å². The Morgan fingerprint density at radius 3 is 2.50 bits per heavy atom. The van der Waals surface area contributed by atoms with Gasteiger partial charge < -0.3 is 4.74 Å². The molecule has 0 amide bonds. The summed E-state index contributed by atoms with van der Waals surface area (Å²) in [7, 11) is 0. The Bertz CT molecular complexity index is 79.3. The van der Waals surface area contributed by atoms with Crippen molar-refractivity contribution in [2.45, 2.75) is 38.2 Å². The van der Waals surface area contributed by atoms with Gasteiger partial charge in [-0.05, 0) is 12.8 Å². The molecule has 1 aliphatic rings. The molecule has 1 saturated carbocycles. The summed E-state index contributed by atoms with van der Waals surface area (Å²) < 4.78 is 5.44. The molecule has 0 atom stereocenters. The standard InChI is InChI=1S/C8H16NO/c9-6-7-10-8-4-2-1-3-5-8/h8-9H,1-7H2. The van der Waals surface area contributed by atoms with Gasteiger partial charge in [-0.3, -0.25) is 5.73 Å². The van der Waals surface area contributed by atoms with E-state index in [0.717, 1.165) is 0 Å². The van der Waals surface area contributed by atoms with Gasteiger partial charge in [0.15, 0.2) is 0 Å². The van der Waals surface area contributed by atoms with Gasteiger partial charge in [-0.2, -0.15) is 0 Å². The highest BCUT2D eigenvalue weighted by atomic mass is 16.5. The van der Waals surface area contributed by atoms with Crippen molar-refractivity contribution >= 4 is 0 Å². The molecule has 59 valence electrons. The van der Waals surface area contributed by atoms with Crippen LogP contribution in [0.25, 0.3) is 0 Å². The van der Waals surface area contributed by atoms with E-state index in [4.69, 9.17) is 10.5 Å². The van der Waals surface area contributed by atoms with Crippen LogP contribution in [-0.2, 0) is 4.74 Å². The van der Waals surface area contributed by atoms with Crippen LogP contribution in [0.4, 0.5) is 0 Å². The fourth-order valence-electron chi connectivity index (χ4n) is 1.46. The van der Waals surface area contributed by atoms with Crippen molar-refractivity contribution in [3.05, 3.63) is 0 Å². The summed E-state index contributed by atoms with van der Waals surface area (Å²) in [5.74, 6) is 0. The quantitative estimate of drug-likeness (QED) is 0.589. The third kappa shape index (κ3) is 2.67. The lowest BCUT2D eigenvalue weighted by molar-refractivity contribution is 0.0328. The van der Waals surface area contributed by atoms with Crippen LogP contribution in [0.3, 0.4) is 0 Å². The van der Waals surface area contributed by atoms with Gasteiger partial charge in [-0.15, -0.1) is 0 Å². The Hall–Kier alpha value is -0.0800. The number of nitrogens with one attached hydrogen (secondary N) is 1. The Morgan fingerprint density at radius 1 is 1.20 bits per heavy atom. The van der Waals surface area contributed by atoms with Crippen molar-refractivity contribution in [3.63, 3.8) is 0 Å². The van der Waals surface area contributed by atoms with Gasteiger partial charge in [-0.1, -0.05) is 19.3 Å². The zero-order chi connectivity index (χ0) is 7.23. The van der Waals surface area contributed by atoms with E-state index in [0.29, 0.717) is 19.3 Å². The summed E-state index contributed by atoms with van der Waals surface area (Å²) in [5.41, 5.74) is 6.90. The molecule has 0 heterocycles. The summed E-state index contributed by atoms with van der Waals surface area (Å²) in [5, 5.41) is 0. The van der Waals surface area contributed by atoms with E-state index >= 15 is 0 Å². The highest BCUT2D eigenvalue weighted by molar-refractivity contribution is 4.64. The first-order chi connectivity index (χ1) is 4.93. The summed E-state index contributed by atoms with van der Waals surface area (Å²) >= 11 is 0. The highest BCUT2D eigenvalue weighted by Gasteiger charge is 2.12. The van der Waals surface area contributed by atoms with Crippen molar-refractivity contribution in [1.29, 1.82) is 0 Å². The molecule has 1 rings (SSSR count). The molecule has 0 saturated heterocycles. The SMILES string of the molecule is [NH]CCOC1CCCCC1. The van der Waals surface area contributed by atoms with Crippen LogP contribution < -0.4 is 5.73 Å². The Morgan fingerprint density at radius 2 is 1.90 bits per heavy atom. The van der Waals surface area contributed by atoms with Crippen LogP contribution in [0.2, 0.25) is 0 Å². The minimum Gasteiger partial charge on any atom is -0.377 e. The van der Waals surface area contributed by atoms with E-state index < -0.39 is 0 Å². The molecule has 1 aliphatic carbocycles. The van der Waals surface area contributed by atoms with Crippen LogP contribution in [0.1, 0.15) is 32.1 Å². The molecule has 0 aliphatic heterocycles. The number of ether oxygens (including phenoxy) is 1. The van der Waals surface area contributed by atoms with Crippen LogP contribution >= 0.6 is 0 Å². The van der Waals surface area contributed by atoms with Crippen LogP contribution in [-0.4, -0.2) is 19.3 Å². The minimum absolute atomic E-state index is 0.413. The lowest BCUT2D eigenvalue weighted by atomic mass is 9.98. The molecule has 1 radical (unpaired) electrons. The number of rotatable bonds is 3. The lowest BCUT2D eigenvalue weighted by Crippen LogP contribution is -2.18. The number of hydrogen-bond acceptors (Lipinski definition) is 1. The molecule has 2 heteroatoms. The second-order valence-electron chi connectivity index (χ2n) is 2.88. The average Bonchev–Trinajstić information content (AvgIpc) is 2.03. The summed E-state index contributed by atoms with van der Waals surface area (Å²) in [6.45, 7) is 1.04. The minimum atomic E-state index is 0.413. The van der Waals surface area contributed by atoms with Crippen molar-refractivity contribution < 1.29 is 4.74 Å². The summed E-state index contributed by atoms with van der Waals surface area (Å²) in [6, 6.07) is 0. The largest absolute Gasteiger partial charge is 0.377 e. The molecule has 0 spiro atoms. The van der Waals surface area contributed by atoms with E-state index in [-0.39, 0.29) is 0 Å². The van der Waals surface area contributed by atoms with Crippen molar-refractivity contribution in [2.75, 3.05) is 13.2 Å². The van der Waals surface area contributed by atoms with Crippen LogP contribution in [0, 0.1) is 0 Å². The van der Waals surface area contributed by atoms with Gasteiger partial charge in [0.05, 0.1) is 12.7 Å². The van der Waals surface area contributed by atoms with Gasteiger partial charge in [0.2, 0.25) is 0 Å². The van der Waals surface area contributed by atoms with Gasteiger partial charge in [0.1, 0.15) is 0 Å². The Labute approximate surface area is 62.7 Å². The fourth-order valence-corrected chi connectivity index (χ4v) is 1.46. The zero-order valence-electron chi connectivity index (χ0n) is 6.44. The molecule has 10 heavy (non-hydrogen) atoms. The van der Waals surface area contributed by atoms with E-state index in [1.165, 1.54) is 32.1 Å². The zero-order valence-corrected chi connectivity index (χ0v) is 6.44. The smallest absolute Gasteiger partial charge is 0.0608 e. The van der Waals surface area contributed by atoms with Crippen molar-refractivity contribution in [1.82, 2.24) is 5.73 Å². The second-order valence-corrected chi connectivity index (χ2v) is 2.88. The van der Waals surface area contributed by atoms with Crippen molar-refractivity contribution in [2.24, 2.45) is 0 Å². The maximum Gasteiger partial charge on any atom is 0.0608 e. The second kappa shape index (κ2) is 4.69. The Kier molecular flexibility index (Phi) is 3.76. The molecule has 1 N–H and O–H groups in total. The molecule has 2 nitrogen and oxygen atoms in total. The maximum atomic E-state index is 6.90. The van der Waals surface area contributed by atoms with Gasteiger partial charge in [0.25, 0.3) is 0 Å². The van der Waals surface area contributed by atoms with Crippen LogP contribution in [0.15, 0.2) is 0 Å². The predicted octanol–water partition coefficient (Wildman–Crippen LogP) is 1.62. The number of hydrogen-bond donors (Lipinski definition) is 0. The first kappa shape index (κ1) is 8.02. The fraction of sp³-hybridized carbons (Fsp3) is 1.00. The van der Waals surface area contributed by atoms with Crippen LogP contribution in [0.5, 0.6) is 0 Å². The third-order valence-corrected chi connectivity index (χ3v) is 2.01. The topological polar surface area (TPSA) is 33.0 Å². The predicted molar refractivity (Wildman–Crippen MR) is 40.8 cm³/mol. The molecular weight excluding hydrogens is 126 g/mol. The monoisotopic (exact) mass is 142 g/mol. The molecular formula is C8H16NO. The molecule has 1 fully saturated rings. The van der Waals surface area contributed by atoms with Gasteiger partial charge in [0, 0.05) is 6.54 Å². The lowest BCUT2D eigenvalue weighted by Gasteiger charge is -2.21. The van der Waals surface area contributed by atoms with E-state index in [2.05, 4.69) is 0 Å². The normalized spacial score (nSPS) is 21.3. The molecule has 0 unspecified atom stereocenters. The van der Waals surface area contributed by atoms with E-state index in [1.54, 1.807) is 0 Å². The van der Waals surface area contributed by atoms with Gasteiger partial charge >= 0.3 is 0 Å². The molecule has 0 aromatic carbocycles. The molecule has 0 aromatic rings. The Balaban J connectivity index is 2.02. The first-order valence-electron chi connectivity index (χ1n) is 4.19.